The van der Waals surface area contributed by atoms with Crippen LogP contribution in [0.3, 0.4) is 0 Å². The molecule has 5 nitrogen and oxygen atoms in total. The molecule has 0 spiro atoms. The number of thiophene rings is 1. The third kappa shape index (κ3) is 3.95. The van der Waals surface area contributed by atoms with Gasteiger partial charge in [0.05, 0.1) is 21.2 Å². The van der Waals surface area contributed by atoms with Crippen LogP contribution in [0.15, 0.2) is 60.8 Å². The number of hydrogen-bond donors (Lipinski definition) is 0. The lowest BCUT2D eigenvalue weighted by molar-refractivity contribution is -0.385. The summed E-state index contributed by atoms with van der Waals surface area (Å²) in [5.74, 6) is -0.389. The molecular weight excluding hydrogens is 391 g/mol. The first-order valence-corrected chi connectivity index (χ1v) is 9.96. The SMILES string of the molecule is CCCc1cccc(-c2cc3nccc(Oc4ccc([N+](=O)[O-])cc4F)c3s2)c1. The first-order chi connectivity index (χ1) is 14.0. The van der Waals surface area contributed by atoms with Crippen LogP contribution in [0.1, 0.15) is 18.9 Å². The monoisotopic (exact) mass is 408 g/mol. The van der Waals surface area contributed by atoms with Gasteiger partial charge in [-0.2, -0.15) is 0 Å². The number of hydrogen-bond acceptors (Lipinski definition) is 5. The van der Waals surface area contributed by atoms with Gasteiger partial charge in [-0.3, -0.25) is 15.1 Å². The lowest BCUT2D eigenvalue weighted by Gasteiger charge is -2.07. The maximum absolute atomic E-state index is 14.2. The molecule has 0 amide bonds. The maximum atomic E-state index is 14.2. The van der Waals surface area contributed by atoms with Crippen molar-refractivity contribution in [3.8, 4) is 21.9 Å². The predicted octanol–water partition coefficient (Wildman–Crippen LogP) is 6.76. The molecule has 0 N–H and O–H groups in total. The molecule has 0 unspecified atom stereocenters. The Bertz CT molecular complexity index is 1210. The van der Waals surface area contributed by atoms with Crippen LogP contribution in [0.5, 0.6) is 11.5 Å². The Labute approximate surface area is 170 Å². The second-order valence-corrected chi connectivity index (χ2v) is 7.61. The van der Waals surface area contributed by atoms with Crippen molar-refractivity contribution in [2.24, 2.45) is 0 Å². The Morgan fingerprint density at radius 3 is 2.76 bits per heavy atom. The fourth-order valence-corrected chi connectivity index (χ4v) is 4.17. The summed E-state index contributed by atoms with van der Waals surface area (Å²) in [5.41, 5.74) is 2.82. The summed E-state index contributed by atoms with van der Waals surface area (Å²) in [6, 6.07) is 15.4. The molecule has 0 aliphatic carbocycles. The summed E-state index contributed by atoms with van der Waals surface area (Å²) in [4.78, 5) is 15.6. The number of pyridine rings is 1. The molecule has 2 heterocycles. The highest BCUT2D eigenvalue weighted by Crippen LogP contribution is 2.40. The van der Waals surface area contributed by atoms with Gasteiger partial charge in [0.2, 0.25) is 0 Å². The molecule has 0 atom stereocenters. The number of nitro groups is 1. The Morgan fingerprint density at radius 1 is 1.14 bits per heavy atom. The molecule has 4 rings (SSSR count). The van der Waals surface area contributed by atoms with Crippen molar-refractivity contribution in [2.45, 2.75) is 19.8 Å². The third-order valence-electron chi connectivity index (χ3n) is 4.47. The number of non-ortho nitro benzene ring substituents is 1. The number of aromatic nitrogens is 1. The maximum Gasteiger partial charge on any atom is 0.272 e. The van der Waals surface area contributed by atoms with Crippen molar-refractivity contribution in [3.05, 3.63) is 82.3 Å². The van der Waals surface area contributed by atoms with Crippen molar-refractivity contribution in [1.29, 1.82) is 0 Å². The molecule has 4 aromatic rings. The molecule has 0 radical (unpaired) electrons. The van der Waals surface area contributed by atoms with Gasteiger partial charge in [0.15, 0.2) is 11.6 Å². The van der Waals surface area contributed by atoms with Gasteiger partial charge in [0.25, 0.3) is 5.69 Å². The van der Waals surface area contributed by atoms with Crippen LogP contribution in [-0.4, -0.2) is 9.91 Å². The van der Waals surface area contributed by atoms with Crippen LogP contribution in [0, 0.1) is 15.9 Å². The van der Waals surface area contributed by atoms with Gasteiger partial charge in [-0.1, -0.05) is 37.6 Å². The van der Waals surface area contributed by atoms with E-state index in [-0.39, 0.29) is 11.4 Å². The highest BCUT2D eigenvalue weighted by Gasteiger charge is 2.15. The molecule has 2 aromatic carbocycles. The van der Waals surface area contributed by atoms with Crippen molar-refractivity contribution in [2.75, 3.05) is 0 Å². The van der Waals surface area contributed by atoms with Crippen LogP contribution in [0.25, 0.3) is 20.7 Å². The summed E-state index contributed by atoms with van der Waals surface area (Å²) in [6.45, 7) is 2.15. The number of ether oxygens (including phenoxy) is 1. The number of halogens is 1. The highest BCUT2D eigenvalue weighted by atomic mass is 32.1. The molecule has 0 saturated carbocycles. The third-order valence-corrected chi connectivity index (χ3v) is 5.66. The van der Waals surface area contributed by atoms with Gasteiger partial charge in [-0.25, -0.2) is 4.39 Å². The van der Waals surface area contributed by atoms with E-state index in [9.17, 15) is 14.5 Å². The number of rotatable bonds is 6. The molecule has 146 valence electrons. The molecule has 7 heteroatoms. The van der Waals surface area contributed by atoms with Gasteiger partial charge in [-0.15, -0.1) is 11.3 Å². The number of aryl methyl sites for hydroxylation is 1. The van der Waals surface area contributed by atoms with Crippen molar-refractivity contribution in [3.63, 3.8) is 0 Å². The lowest BCUT2D eigenvalue weighted by atomic mass is 10.1. The number of nitrogens with zero attached hydrogens (tertiary/aromatic N) is 2. The minimum Gasteiger partial charge on any atom is -0.453 e. The number of benzene rings is 2. The van der Waals surface area contributed by atoms with E-state index in [0.717, 1.165) is 39.6 Å². The van der Waals surface area contributed by atoms with E-state index in [4.69, 9.17) is 4.74 Å². The fraction of sp³-hybridized carbons (Fsp3) is 0.136. The molecule has 0 bridgehead atoms. The van der Waals surface area contributed by atoms with E-state index >= 15 is 0 Å². The van der Waals surface area contributed by atoms with E-state index in [1.54, 1.807) is 12.3 Å². The molecule has 0 aliphatic rings. The van der Waals surface area contributed by atoms with Gasteiger partial charge in [0, 0.05) is 23.2 Å². The van der Waals surface area contributed by atoms with E-state index in [1.807, 2.05) is 12.1 Å². The zero-order valence-corrected chi connectivity index (χ0v) is 16.4. The highest BCUT2D eigenvalue weighted by molar-refractivity contribution is 7.22. The average molecular weight is 408 g/mol. The number of fused-ring (bicyclic) bond motifs is 1. The van der Waals surface area contributed by atoms with Crippen LogP contribution in [-0.2, 0) is 6.42 Å². The van der Waals surface area contributed by atoms with Crippen molar-refractivity contribution < 1.29 is 14.1 Å². The molecule has 0 aliphatic heterocycles. The second kappa shape index (κ2) is 7.97. The minimum atomic E-state index is -0.784. The van der Waals surface area contributed by atoms with Crippen LogP contribution >= 0.6 is 11.3 Å². The summed E-state index contributed by atoms with van der Waals surface area (Å²) < 4.78 is 20.8. The van der Waals surface area contributed by atoms with Crippen molar-refractivity contribution in [1.82, 2.24) is 4.98 Å². The largest absolute Gasteiger partial charge is 0.453 e. The summed E-state index contributed by atoms with van der Waals surface area (Å²) in [6.07, 6.45) is 3.70. The lowest BCUT2D eigenvalue weighted by Crippen LogP contribution is -1.92. The summed E-state index contributed by atoms with van der Waals surface area (Å²) in [5, 5.41) is 10.8. The van der Waals surface area contributed by atoms with Crippen LogP contribution in [0.4, 0.5) is 10.1 Å². The van der Waals surface area contributed by atoms with Crippen molar-refractivity contribution >= 4 is 27.2 Å². The Balaban J connectivity index is 1.70. The average Bonchev–Trinajstić information content (AvgIpc) is 3.15. The summed E-state index contributed by atoms with van der Waals surface area (Å²) in [7, 11) is 0. The second-order valence-electron chi connectivity index (χ2n) is 6.56. The summed E-state index contributed by atoms with van der Waals surface area (Å²) >= 11 is 1.52. The smallest absolute Gasteiger partial charge is 0.272 e. The van der Waals surface area contributed by atoms with Crippen LogP contribution < -0.4 is 4.74 Å². The van der Waals surface area contributed by atoms with E-state index in [1.165, 1.54) is 29.0 Å². The normalized spacial score (nSPS) is 11.0. The quantitative estimate of drug-likeness (QED) is 0.261. The molecular formula is C22H17FN2O3S. The Kier molecular flexibility index (Phi) is 5.22. The van der Waals surface area contributed by atoms with Crippen LogP contribution in [0.2, 0.25) is 0 Å². The Morgan fingerprint density at radius 2 is 2.00 bits per heavy atom. The number of nitro benzene ring substituents is 1. The molecule has 0 saturated heterocycles. The van der Waals surface area contributed by atoms with Gasteiger partial charge in [-0.05, 0) is 29.7 Å². The minimum absolute atomic E-state index is 0.0667. The topological polar surface area (TPSA) is 65.3 Å². The fourth-order valence-electron chi connectivity index (χ4n) is 3.11. The molecule has 2 aromatic heterocycles. The van der Waals surface area contributed by atoms with Gasteiger partial charge >= 0.3 is 0 Å². The molecule has 29 heavy (non-hydrogen) atoms. The Hall–Kier alpha value is -3.32. The van der Waals surface area contributed by atoms with Gasteiger partial charge in [0.1, 0.15) is 5.75 Å². The first-order valence-electron chi connectivity index (χ1n) is 9.15. The van der Waals surface area contributed by atoms with Gasteiger partial charge < -0.3 is 4.74 Å². The predicted molar refractivity (Wildman–Crippen MR) is 112 cm³/mol. The zero-order valence-electron chi connectivity index (χ0n) is 15.6. The zero-order chi connectivity index (χ0) is 20.4. The van der Waals surface area contributed by atoms with E-state index < -0.39 is 10.7 Å². The first kappa shape index (κ1) is 19.0. The van der Waals surface area contributed by atoms with E-state index in [2.05, 4.69) is 30.1 Å². The molecule has 0 fully saturated rings. The standard InChI is InChI=1S/C22H17FN2O3S/c1-2-4-14-5-3-6-15(11-14)21-13-18-22(29-21)20(9-10-24-18)28-19-8-7-16(25(26)27)12-17(19)23/h3,5-13H,2,4H2,1H3. The van der Waals surface area contributed by atoms with E-state index in [0.29, 0.717) is 5.75 Å².